The molecule has 0 atom stereocenters. The number of anilines is 1. The van der Waals surface area contributed by atoms with Gasteiger partial charge in [0.05, 0.1) is 15.9 Å². The Balaban J connectivity index is 1.38. The molecule has 3 aromatic carbocycles. The van der Waals surface area contributed by atoms with Gasteiger partial charge in [-0.25, -0.2) is 13.4 Å². The van der Waals surface area contributed by atoms with Gasteiger partial charge >= 0.3 is 0 Å². The van der Waals surface area contributed by atoms with Crippen LogP contribution in [-0.2, 0) is 17.1 Å². The molecule has 148 valence electrons. The molecule has 1 aromatic heterocycles. The van der Waals surface area contributed by atoms with E-state index in [0.717, 1.165) is 27.8 Å². The summed E-state index contributed by atoms with van der Waals surface area (Å²) in [5.74, 6) is 0.883. The van der Waals surface area contributed by atoms with Gasteiger partial charge in [0.25, 0.3) is 0 Å². The van der Waals surface area contributed by atoms with E-state index in [1.807, 2.05) is 61.6 Å². The molecule has 1 aliphatic rings. The number of hydrogen-bond donors (Lipinski definition) is 0. The number of benzene rings is 3. The molecule has 6 nitrogen and oxygen atoms in total. The smallest absolute Gasteiger partial charge is 0.243 e. The number of rotatable bonds is 3. The summed E-state index contributed by atoms with van der Waals surface area (Å²) in [6, 6.07) is 21.2. The zero-order chi connectivity index (χ0) is 20.0. The maximum absolute atomic E-state index is 13.2. The SMILES string of the molecule is Cn1c(N2CCN(S(=O)(=O)c3ccc4ccccc4c3)CC2)nc2ccccc21. The minimum absolute atomic E-state index is 0.354. The van der Waals surface area contributed by atoms with E-state index in [-0.39, 0.29) is 0 Å². The number of aromatic nitrogens is 2. The molecule has 5 rings (SSSR count). The summed E-state index contributed by atoms with van der Waals surface area (Å²) in [6.07, 6.45) is 0. The van der Waals surface area contributed by atoms with Crippen LogP contribution in [0.3, 0.4) is 0 Å². The lowest BCUT2D eigenvalue weighted by atomic mass is 10.1. The molecule has 4 aromatic rings. The van der Waals surface area contributed by atoms with Crippen molar-refractivity contribution in [2.75, 3.05) is 31.1 Å². The molecule has 0 saturated carbocycles. The maximum atomic E-state index is 13.2. The first-order valence-corrected chi connectivity index (χ1v) is 11.1. The van der Waals surface area contributed by atoms with Crippen molar-refractivity contribution in [1.29, 1.82) is 0 Å². The third kappa shape index (κ3) is 3.07. The van der Waals surface area contributed by atoms with E-state index in [1.54, 1.807) is 16.4 Å². The lowest BCUT2D eigenvalue weighted by molar-refractivity contribution is 0.382. The maximum Gasteiger partial charge on any atom is 0.243 e. The Kier molecular flexibility index (Phi) is 4.29. The second-order valence-corrected chi connectivity index (χ2v) is 9.30. The number of para-hydroxylation sites is 2. The lowest BCUT2D eigenvalue weighted by Gasteiger charge is -2.34. The monoisotopic (exact) mass is 406 g/mol. The summed E-state index contributed by atoms with van der Waals surface area (Å²) < 4.78 is 30.0. The normalized spacial score (nSPS) is 16.0. The van der Waals surface area contributed by atoms with Crippen molar-refractivity contribution in [1.82, 2.24) is 13.9 Å². The Labute approximate surface area is 170 Å². The van der Waals surface area contributed by atoms with E-state index >= 15 is 0 Å². The number of piperazine rings is 1. The molecule has 0 amide bonds. The van der Waals surface area contributed by atoms with Crippen LogP contribution in [0.25, 0.3) is 21.8 Å². The molecule has 29 heavy (non-hydrogen) atoms. The van der Waals surface area contributed by atoms with Crippen LogP contribution in [0.2, 0.25) is 0 Å². The average molecular weight is 407 g/mol. The summed E-state index contributed by atoms with van der Waals surface area (Å²) >= 11 is 0. The van der Waals surface area contributed by atoms with Crippen molar-refractivity contribution in [3.8, 4) is 0 Å². The predicted molar refractivity (Wildman–Crippen MR) is 116 cm³/mol. The highest BCUT2D eigenvalue weighted by atomic mass is 32.2. The van der Waals surface area contributed by atoms with Crippen LogP contribution >= 0.6 is 0 Å². The van der Waals surface area contributed by atoms with Crippen LogP contribution in [0.5, 0.6) is 0 Å². The van der Waals surface area contributed by atoms with Crippen molar-refractivity contribution in [3.63, 3.8) is 0 Å². The van der Waals surface area contributed by atoms with Crippen molar-refractivity contribution < 1.29 is 8.42 Å². The van der Waals surface area contributed by atoms with E-state index in [4.69, 9.17) is 4.98 Å². The van der Waals surface area contributed by atoms with Gasteiger partial charge in [-0.05, 0) is 35.0 Å². The molecule has 2 heterocycles. The Hall–Kier alpha value is -2.90. The fraction of sp³-hybridized carbons (Fsp3) is 0.227. The number of sulfonamides is 1. The van der Waals surface area contributed by atoms with E-state index in [1.165, 1.54) is 0 Å². The Morgan fingerprint density at radius 3 is 2.28 bits per heavy atom. The van der Waals surface area contributed by atoms with Gasteiger partial charge in [-0.3, -0.25) is 0 Å². The Morgan fingerprint density at radius 2 is 1.52 bits per heavy atom. The fourth-order valence-corrected chi connectivity index (χ4v) is 5.48. The molecular weight excluding hydrogens is 384 g/mol. The van der Waals surface area contributed by atoms with Crippen LogP contribution in [0, 0.1) is 0 Å². The fourth-order valence-electron chi connectivity index (χ4n) is 4.02. The standard InChI is InChI=1S/C22H22N4O2S/c1-24-21-9-5-4-8-20(21)23-22(24)25-12-14-26(15-13-25)29(27,28)19-11-10-17-6-2-3-7-18(17)16-19/h2-11,16H,12-15H2,1H3. The third-order valence-corrected chi connectivity index (χ3v) is 7.54. The predicted octanol–water partition coefficient (Wildman–Crippen LogP) is 3.24. The molecule has 0 unspecified atom stereocenters. The molecule has 0 aliphatic carbocycles. The van der Waals surface area contributed by atoms with Crippen LogP contribution in [-0.4, -0.2) is 48.5 Å². The molecule has 7 heteroatoms. The van der Waals surface area contributed by atoms with Gasteiger partial charge in [0, 0.05) is 33.2 Å². The topological polar surface area (TPSA) is 58.4 Å². The second kappa shape index (κ2) is 6.86. The van der Waals surface area contributed by atoms with Gasteiger partial charge < -0.3 is 9.47 Å². The van der Waals surface area contributed by atoms with E-state index < -0.39 is 10.0 Å². The van der Waals surface area contributed by atoms with Gasteiger partial charge in [-0.1, -0.05) is 42.5 Å². The highest BCUT2D eigenvalue weighted by Crippen LogP contribution is 2.25. The van der Waals surface area contributed by atoms with Gasteiger partial charge in [-0.2, -0.15) is 4.31 Å². The minimum Gasteiger partial charge on any atom is -0.340 e. The molecule has 0 bridgehead atoms. The Bertz CT molecular complexity index is 1300. The first-order valence-electron chi connectivity index (χ1n) is 9.69. The zero-order valence-electron chi connectivity index (χ0n) is 16.2. The number of nitrogens with zero attached hydrogens (tertiary/aromatic N) is 4. The highest BCUT2D eigenvalue weighted by molar-refractivity contribution is 7.89. The zero-order valence-corrected chi connectivity index (χ0v) is 17.0. The first kappa shape index (κ1) is 18.1. The largest absolute Gasteiger partial charge is 0.340 e. The molecular formula is C22H22N4O2S. The number of hydrogen-bond acceptors (Lipinski definition) is 4. The van der Waals surface area contributed by atoms with Crippen molar-refractivity contribution in [2.45, 2.75) is 4.90 Å². The summed E-state index contributed by atoms with van der Waals surface area (Å²) in [5.41, 5.74) is 2.03. The van der Waals surface area contributed by atoms with E-state index in [9.17, 15) is 8.42 Å². The van der Waals surface area contributed by atoms with Crippen LogP contribution in [0.4, 0.5) is 5.95 Å². The highest BCUT2D eigenvalue weighted by Gasteiger charge is 2.30. The number of fused-ring (bicyclic) bond motifs is 2. The summed E-state index contributed by atoms with van der Waals surface area (Å²) in [4.78, 5) is 7.25. The lowest BCUT2D eigenvalue weighted by Crippen LogP contribution is -2.49. The number of aryl methyl sites for hydroxylation is 1. The molecule has 0 N–H and O–H groups in total. The summed E-state index contributed by atoms with van der Waals surface area (Å²) in [7, 11) is -1.51. The van der Waals surface area contributed by atoms with E-state index in [0.29, 0.717) is 31.1 Å². The van der Waals surface area contributed by atoms with Gasteiger partial charge in [0.2, 0.25) is 16.0 Å². The van der Waals surface area contributed by atoms with Crippen LogP contribution < -0.4 is 4.90 Å². The van der Waals surface area contributed by atoms with Gasteiger partial charge in [0.15, 0.2) is 0 Å². The second-order valence-electron chi connectivity index (χ2n) is 7.36. The molecule has 0 spiro atoms. The van der Waals surface area contributed by atoms with Gasteiger partial charge in [0.1, 0.15) is 0 Å². The minimum atomic E-state index is -3.51. The molecule has 1 aliphatic heterocycles. The third-order valence-electron chi connectivity index (χ3n) is 5.64. The molecule has 0 radical (unpaired) electrons. The first-order chi connectivity index (χ1) is 14.0. The van der Waals surface area contributed by atoms with Crippen LogP contribution in [0.15, 0.2) is 71.6 Å². The summed E-state index contributed by atoms with van der Waals surface area (Å²) in [5, 5.41) is 1.98. The average Bonchev–Trinajstić information content (AvgIpc) is 3.10. The summed E-state index contributed by atoms with van der Waals surface area (Å²) in [6.45, 7) is 2.12. The van der Waals surface area contributed by atoms with E-state index in [2.05, 4.69) is 9.47 Å². The molecule has 1 saturated heterocycles. The van der Waals surface area contributed by atoms with Crippen LogP contribution in [0.1, 0.15) is 0 Å². The van der Waals surface area contributed by atoms with Gasteiger partial charge in [-0.15, -0.1) is 0 Å². The van der Waals surface area contributed by atoms with Crippen molar-refractivity contribution >= 4 is 37.8 Å². The quantitative estimate of drug-likeness (QED) is 0.524. The Morgan fingerprint density at radius 1 is 0.828 bits per heavy atom. The van der Waals surface area contributed by atoms with Crippen molar-refractivity contribution in [3.05, 3.63) is 66.7 Å². The number of imidazole rings is 1. The molecule has 1 fully saturated rings. The van der Waals surface area contributed by atoms with Crippen molar-refractivity contribution in [2.24, 2.45) is 7.05 Å².